The highest BCUT2D eigenvalue weighted by atomic mass is 79.9. The predicted octanol–water partition coefficient (Wildman–Crippen LogP) is 3.73. The van der Waals surface area contributed by atoms with Crippen LogP contribution in [0.15, 0.2) is 22.8 Å². The summed E-state index contributed by atoms with van der Waals surface area (Å²) in [7, 11) is 0. The minimum Gasteiger partial charge on any atom is -0.353 e. The second-order valence-corrected chi connectivity index (χ2v) is 6.51. The van der Waals surface area contributed by atoms with Crippen LogP contribution in [0.2, 0.25) is 0 Å². The summed E-state index contributed by atoms with van der Waals surface area (Å²) < 4.78 is 2.81. The number of nitrogens with zero attached hydrogens (tertiary/aromatic N) is 3. The summed E-state index contributed by atoms with van der Waals surface area (Å²) in [6.07, 6.45) is 7.30. The summed E-state index contributed by atoms with van der Waals surface area (Å²) in [5.41, 5.74) is 0.878. The molecular formula is C14H19BrN4. The minimum atomic E-state index is 0.733. The van der Waals surface area contributed by atoms with E-state index in [0.29, 0.717) is 0 Å². The van der Waals surface area contributed by atoms with E-state index in [0.717, 1.165) is 34.4 Å². The first-order valence-corrected chi connectivity index (χ1v) is 7.76. The molecule has 0 amide bonds. The molecule has 1 N–H and O–H groups in total. The predicted molar refractivity (Wildman–Crippen MR) is 80.3 cm³/mol. The molecule has 102 valence electrons. The summed E-state index contributed by atoms with van der Waals surface area (Å²) in [6.45, 7) is 3.34. The number of nitrogens with one attached hydrogen (secondary N) is 1. The van der Waals surface area contributed by atoms with Crippen molar-refractivity contribution in [1.82, 2.24) is 14.6 Å². The second kappa shape index (κ2) is 5.49. The van der Waals surface area contributed by atoms with E-state index < -0.39 is 0 Å². The van der Waals surface area contributed by atoms with Crippen molar-refractivity contribution in [3.05, 3.63) is 22.8 Å². The molecule has 2 aromatic heterocycles. The standard InChI is InChI=1S/C14H19BrN4/c1-10-2-4-11(5-3-10)8-16-14-17-13-7-6-12(15)9-19(13)18-14/h6-7,9-11H,2-5,8H2,1H3,(H,16,18). The summed E-state index contributed by atoms with van der Waals surface area (Å²) >= 11 is 3.44. The average molecular weight is 323 g/mol. The van der Waals surface area contributed by atoms with Gasteiger partial charge in [0.05, 0.1) is 0 Å². The molecule has 0 aliphatic heterocycles. The van der Waals surface area contributed by atoms with Gasteiger partial charge in [-0.2, -0.15) is 4.98 Å². The molecule has 0 bridgehead atoms. The Hall–Kier alpha value is -1.10. The lowest BCUT2D eigenvalue weighted by Gasteiger charge is -2.25. The molecule has 3 rings (SSSR count). The highest BCUT2D eigenvalue weighted by molar-refractivity contribution is 9.10. The lowest BCUT2D eigenvalue weighted by atomic mass is 9.83. The van der Waals surface area contributed by atoms with Crippen molar-refractivity contribution >= 4 is 27.5 Å². The number of halogens is 1. The fourth-order valence-electron chi connectivity index (χ4n) is 2.70. The molecular weight excluding hydrogens is 304 g/mol. The molecule has 1 saturated carbocycles. The van der Waals surface area contributed by atoms with E-state index in [4.69, 9.17) is 0 Å². The van der Waals surface area contributed by atoms with Gasteiger partial charge in [0, 0.05) is 17.2 Å². The summed E-state index contributed by atoms with van der Waals surface area (Å²) in [6, 6.07) is 3.95. The van der Waals surface area contributed by atoms with Crippen LogP contribution in [0, 0.1) is 11.8 Å². The molecule has 0 atom stereocenters. The number of aromatic nitrogens is 3. The van der Waals surface area contributed by atoms with Gasteiger partial charge in [-0.05, 0) is 52.7 Å². The third kappa shape index (κ3) is 3.08. The van der Waals surface area contributed by atoms with Crippen LogP contribution in [0.5, 0.6) is 0 Å². The van der Waals surface area contributed by atoms with Gasteiger partial charge in [-0.3, -0.25) is 0 Å². The molecule has 0 unspecified atom stereocenters. The molecule has 0 spiro atoms. The summed E-state index contributed by atoms with van der Waals surface area (Å²) in [5, 5.41) is 7.82. The lowest BCUT2D eigenvalue weighted by molar-refractivity contribution is 0.300. The number of hydrogen-bond acceptors (Lipinski definition) is 3. The van der Waals surface area contributed by atoms with Gasteiger partial charge < -0.3 is 5.32 Å². The highest BCUT2D eigenvalue weighted by Crippen LogP contribution is 2.28. The normalized spacial score (nSPS) is 23.7. The Morgan fingerprint density at radius 2 is 2.11 bits per heavy atom. The topological polar surface area (TPSA) is 42.2 Å². The fourth-order valence-corrected chi connectivity index (χ4v) is 3.03. The fraction of sp³-hybridized carbons (Fsp3) is 0.571. The smallest absolute Gasteiger partial charge is 0.243 e. The number of pyridine rings is 1. The van der Waals surface area contributed by atoms with Gasteiger partial charge in [0.1, 0.15) is 0 Å². The Morgan fingerprint density at radius 3 is 2.89 bits per heavy atom. The number of fused-ring (bicyclic) bond motifs is 1. The van der Waals surface area contributed by atoms with Crippen molar-refractivity contribution < 1.29 is 0 Å². The van der Waals surface area contributed by atoms with Gasteiger partial charge in [0.2, 0.25) is 5.95 Å². The minimum absolute atomic E-state index is 0.733. The Balaban J connectivity index is 1.62. The van der Waals surface area contributed by atoms with Gasteiger partial charge in [-0.15, -0.1) is 5.10 Å². The van der Waals surface area contributed by atoms with Crippen LogP contribution in [-0.4, -0.2) is 21.1 Å². The summed E-state index contributed by atoms with van der Waals surface area (Å²) in [4.78, 5) is 4.47. The Morgan fingerprint density at radius 1 is 1.32 bits per heavy atom. The van der Waals surface area contributed by atoms with Crippen LogP contribution in [0.1, 0.15) is 32.6 Å². The number of anilines is 1. The third-order valence-electron chi connectivity index (χ3n) is 3.98. The molecule has 19 heavy (non-hydrogen) atoms. The third-order valence-corrected chi connectivity index (χ3v) is 4.45. The maximum Gasteiger partial charge on any atom is 0.243 e. The molecule has 0 aromatic carbocycles. The molecule has 2 heterocycles. The quantitative estimate of drug-likeness (QED) is 0.936. The molecule has 1 fully saturated rings. The Bertz CT molecular complexity index is 558. The van der Waals surface area contributed by atoms with Gasteiger partial charge >= 0.3 is 0 Å². The van der Waals surface area contributed by atoms with Gasteiger partial charge in [-0.25, -0.2) is 4.52 Å². The zero-order chi connectivity index (χ0) is 13.2. The van der Waals surface area contributed by atoms with Crippen LogP contribution >= 0.6 is 15.9 Å². The van der Waals surface area contributed by atoms with Crippen LogP contribution < -0.4 is 5.32 Å². The second-order valence-electron chi connectivity index (χ2n) is 5.59. The molecule has 5 heteroatoms. The van der Waals surface area contributed by atoms with Crippen LogP contribution in [-0.2, 0) is 0 Å². The zero-order valence-corrected chi connectivity index (χ0v) is 12.7. The van der Waals surface area contributed by atoms with Crippen LogP contribution in [0.25, 0.3) is 5.65 Å². The first-order valence-electron chi connectivity index (χ1n) is 6.96. The Kier molecular flexibility index (Phi) is 3.73. The summed E-state index contributed by atoms with van der Waals surface area (Å²) in [5.74, 6) is 2.41. The first kappa shape index (κ1) is 12.9. The van der Waals surface area contributed by atoms with Crippen molar-refractivity contribution in [1.29, 1.82) is 0 Å². The zero-order valence-electron chi connectivity index (χ0n) is 11.1. The van der Waals surface area contributed by atoms with Crippen molar-refractivity contribution in [3.63, 3.8) is 0 Å². The molecule has 0 saturated heterocycles. The largest absolute Gasteiger partial charge is 0.353 e. The lowest BCUT2D eigenvalue weighted by Crippen LogP contribution is -2.20. The van der Waals surface area contributed by atoms with Crippen molar-refractivity contribution in [2.24, 2.45) is 11.8 Å². The van der Waals surface area contributed by atoms with E-state index >= 15 is 0 Å². The van der Waals surface area contributed by atoms with E-state index in [2.05, 4.69) is 38.3 Å². The van der Waals surface area contributed by atoms with Crippen LogP contribution in [0.4, 0.5) is 5.95 Å². The van der Waals surface area contributed by atoms with Crippen molar-refractivity contribution in [2.75, 3.05) is 11.9 Å². The Labute approximate surface area is 121 Å². The van der Waals surface area contributed by atoms with Crippen molar-refractivity contribution in [2.45, 2.75) is 32.6 Å². The number of hydrogen-bond donors (Lipinski definition) is 1. The maximum absolute atomic E-state index is 4.47. The molecule has 1 aliphatic rings. The molecule has 4 nitrogen and oxygen atoms in total. The number of rotatable bonds is 3. The van der Waals surface area contributed by atoms with E-state index in [1.54, 1.807) is 4.52 Å². The molecule has 1 aliphatic carbocycles. The van der Waals surface area contributed by atoms with E-state index in [-0.39, 0.29) is 0 Å². The van der Waals surface area contributed by atoms with Crippen LogP contribution in [0.3, 0.4) is 0 Å². The van der Waals surface area contributed by atoms with Gasteiger partial charge in [0.15, 0.2) is 5.65 Å². The SMILES string of the molecule is CC1CCC(CNc2nc3ccc(Br)cn3n2)CC1. The molecule has 0 radical (unpaired) electrons. The average Bonchev–Trinajstić information content (AvgIpc) is 2.80. The van der Waals surface area contributed by atoms with Gasteiger partial charge in [0.25, 0.3) is 0 Å². The monoisotopic (exact) mass is 322 g/mol. The highest BCUT2D eigenvalue weighted by Gasteiger charge is 2.18. The van der Waals surface area contributed by atoms with E-state index in [1.165, 1.54) is 25.7 Å². The van der Waals surface area contributed by atoms with E-state index in [9.17, 15) is 0 Å². The maximum atomic E-state index is 4.47. The molecule has 2 aromatic rings. The van der Waals surface area contributed by atoms with E-state index in [1.807, 2.05) is 18.3 Å². The van der Waals surface area contributed by atoms with Crippen molar-refractivity contribution in [3.8, 4) is 0 Å². The van der Waals surface area contributed by atoms with Gasteiger partial charge in [-0.1, -0.05) is 19.8 Å². The first-order chi connectivity index (χ1) is 9.20.